The average molecular weight is 425 g/mol. The zero-order valence-corrected chi connectivity index (χ0v) is 18.1. The van der Waals surface area contributed by atoms with E-state index in [1.54, 1.807) is 16.9 Å². The Morgan fingerprint density at radius 2 is 2.00 bits per heavy atom. The molecule has 8 nitrogen and oxygen atoms in total. The number of hydrogen-bond acceptors (Lipinski definition) is 6. The number of hydrogen-bond donors (Lipinski definition) is 2. The second kappa shape index (κ2) is 7.33. The van der Waals surface area contributed by atoms with Crippen LogP contribution in [0.25, 0.3) is 27.9 Å². The summed E-state index contributed by atoms with van der Waals surface area (Å²) in [6.07, 6.45) is 8.35. The van der Waals surface area contributed by atoms with E-state index in [0.29, 0.717) is 11.8 Å². The lowest BCUT2D eigenvalue weighted by Gasteiger charge is -2.24. The summed E-state index contributed by atoms with van der Waals surface area (Å²) in [5, 5.41) is 9.58. The maximum Gasteiger partial charge on any atom is 0.228 e. The Bertz CT molecular complexity index is 1420. The van der Waals surface area contributed by atoms with Gasteiger partial charge in [-0.05, 0) is 43.0 Å². The Balaban J connectivity index is 1.41. The van der Waals surface area contributed by atoms with Gasteiger partial charge in [0.2, 0.25) is 5.95 Å². The van der Waals surface area contributed by atoms with Crippen LogP contribution in [0.4, 0.5) is 11.6 Å². The number of nitrogens with zero attached hydrogens (tertiary/aromatic N) is 6. The number of aryl methyl sites for hydroxylation is 1. The van der Waals surface area contributed by atoms with Gasteiger partial charge in [-0.1, -0.05) is 18.2 Å². The summed E-state index contributed by atoms with van der Waals surface area (Å²) < 4.78 is 1.81. The zero-order valence-electron chi connectivity index (χ0n) is 18.1. The van der Waals surface area contributed by atoms with Gasteiger partial charge >= 0.3 is 0 Å². The van der Waals surface area contributed by atoms with Crippen LogP contribution in [0.1, 0.15) is 17.7 Å². The number of fused-ring (bicyclic) bond motifs is 4. The van der Waals surface area contributed by atoms with Gasteiger partial charge in [0.25, 0.3) is 0 Å². The van der Waals surface area contributed by atoms with Gasteiger partial charge in [0.1, 0.15) is 5.69 Å². The highest BCUT2D eigenvalue weighted by molar-refractivity contribution is 5.85. The Labute approximate surface area is 185 Å². The first kappa shape index (κ1) is 18.8. The number of para-hydroxylation sites is 1. The lowest BCUT2D eigenvalue weighted by atomic mass is 9.91. The molecule has 32 heavy (non-hydrogen) atoms. The van der Waals surface area contributed by atoms with Gasteiger partial charge in [-0.3, -0.25) is 4.98 Å². The van der Waals surface area contributed by atoms with Crippen molar-refractivity contribution in [2.75, 3.05) is 24.3 Å². The molecule has 1 aliphatic carbocycles. The van der Waals surface area contributed by atoms with Crippen LogP contribution in [0.3, 0.4) is 0 Å². The fourth-order valence-corrected chi connectivity index (χ4v) is 4.57. The molecule has 0 aliphatic heterocycles. The molecule has 8 heteroatoms. The topological polar surface area (TPSA) is 87.0 Å². The molecule has 1 aliphatic rings. The number of nitrogens with one attached hydrogen (secondary N) is 2. The molecule has 0 radical (unpaired) electrons. The number of rotatable bonds is 4. The number of pyridine rings is 1. The van der Waals surface area contributed by atoms with Gasteiger partial charge in [-0.15, -0.1) is 0 Å². The van der Waals surface area contributed by atoms with Crippen LogP contribution in [0.5, 0.6) is 0 Å². The summed E-state index contributed by atoms with van der Waals surface area (Å²) in [7, 11) is 3.99. The van der Waals surface area contributed by atoms with Gasteiger partial charge in [0.15, 0.2) is 11.5 Å². The van der Waals surface area contributed by atoms with Gasteiger partial charge in [-0.25, -0.2) is 4.98 Å². The predicted molar refractivity (Wildman–Crippen MR) is 126 cm³/mol. The number of H-pyrrole nitrogens is 1. The van der Waals surface area contributed by atoms with Crippen LogP contribution in [-0.4, -0.2) is 49.7 Å². The first-order valence-corrected chi connectivity index (χ1v) is 10.9. The Morgan fingerprint density at radius 3 is 2.84 bits per heavy atom. The van der Waals surface area contributed by atoms with Crippen molar-refractivity contribution in [3.63, 3.8) is 0 Å². The quantitative estimate of drug-likeness (QED) is 0.457. The van der Waals surface area contributed by atoms with Gasteiger partial charge < -0.3 is 15.2 Å². The van der Waals surface area contributed by atoms with Crippen LogP contribution < -0.4 is 10.2 Å². The highest BCUT2D eigenvalue weighted by atomic mass is 15.4. The lowest BCUT2D eigenvalue weighted by molar-refractivity contribution is 0.599. The minimum absolute atomic E-state index is 0.258. The monoisotopic (exact) mass is 424 g/mol. The molecule has 0 spiro atoms. The normalized spacial score (nSPS) is 15.8. The van der Waals surface area contributed by atoms with Crippen LogP contribution in [0.15, 0.2) is 55.0 Å². The number of benzene rings is 1. The van der Waals surface area contributed by atoms with Crippen molar-refractivity contribution in [3.8, 4) is 11.4 Å². The van der Waals surface area contributed by atoms with E-state index >= 15 is 0 Å². The molecule has 5 aromatic rings. The van der Waals surface area contributed by atoms with E-state index < -0.39 is 0 Å². The molecule has 4 aromatic heterocycles. The van der Waals surface area contributed by atoms with Crippen molar-refractivity contribution in [2.24, 2.45) is 0 Å². The molecular formula is C24H24N8. The molecule has 160 valence electrons. The van der Waals surface area contributed by atoms with Crippen LogP contribution >= 0.6 is 0 Å². The molecule has 1 aromatic carbocycles. The molecule has 1 unspecified atom stereocenters. The second-order valence-corrected chi connectivity index (χ2v) is 8.48. The summed E-state index contributed by atoms with van der Waals surface area (Å²) >= 11 is 0. The molecule has 6 rings (SSSR count). The highest BCUT2D eigenvalue weighted by Crippen LogP contribution is 2.31. The fraction of sp³-hybridized carbons (Fsp3) is 0.250. The Morgan fingerprint density at radius 1 is 1.09 bits per heavy atom. The van der Waals surface area contributed by atoms with Crippen molar-refractivity contribution >= 4 is 28.2 Å². The van der Waals surface area contributed by atoms with Crippen LogP contribution in [0.2, 0.25) is 0 Å². The van der Waals surface area contributed by atoms with Crippen molar-refractivity contribution < 1.29 is 0 Å². The standard InChI is InChI=1S/C24H24N8/c1-31(2)21-14-26-32-23(21)29-22(15-6-5-11-25-13-15)30-24(32)27-16-9-10-20-18(12-16)17-7-3-4-8-19(17)28-20/h3-8,11,13-14,16,28H,9-10,12H2,1-2H3,(H,27,29,30). The molecule has 4 heterocycles. The molecule has 0 bridgehead atoms. The van der Waals surface area contributed by atoms with Crippen molar-refractivity contribution in [3.05, 3.63) is 66.2 Å². The van der Waals surface area contributed by atoms with E-state index in [4.69, 9.17) is 9.97 Å². The molecule has 0 saturated heterocycles. The van der Waals surface area contributed by atoms with E-state index in [9.17, 15) is 0 Å². The predicted octanol–water partition coefficient (Wildman–Crippen LogP) is 3.70. The Kier molecular flexibility index (Phi) is 4.31. The molecular weight excluding hydrogens is 400 g/mol. The average Bonchev–Trinajstić information content (AvgIpc) is 3.41. The van der Waals surface area contributed by atoms with Gasteiger partial charge in [-0.2, -0.15) is 14.6 Å². The molecule has 0 fully saturated rings. The third-order valence-electron chi connectivity index (χ3n) is 6.18. The summed E-state index contributed by atoms with van der Waals surface area (Å²) in [6, 6.07) is 12.7. The number of anilines is 2. The Hall–Kier alpha value is -3.94. The third kappa shape index (κ3) is 3.07. The maximum absolute atomic E-state index is 4.86. The van der Waals surface area contributed by atoms with E-state index in [1.807, 2.05) is 37.3 Å². The lowest BCUT2D eigenvalue weighted by Crippen LogP contribution is -2.29. The summed E-state index contributed by atoms with van der Waals surface area (Å²) in [5.41, 5.74) is 6.56. The van der Waals surface area contributed by atoms with Crippen molar-refractivity contribution in [1.29, 1.82) is 0 Å². The molecule has 2 N–H and O–H groups in total. The first-order valence-electron chi connectivity index (χ1n) is 10.9. The van der Waals surface area contributed by atoms with Gasteiger partial charge in [0.05, 0.1) is 6.20 Å². The maximum atomic E-state index is 4.86. The number of aromatic nitrogens is 6. The second-order valence-electron chi connectivity index (χ2n) is 8.48. The summed E-state index contributed by atoms with van der Waals surface area (Å²) in [5.74, 6) is 1.34. The highest BCUT2D eigenvalue weighted by Gasteiger charge is 2.24. The molecule has 0 amide bonds. The van der Waals surface area contributed by atoms with E-state index in [2.05, 4.69) is 44.6 Å². The zero-order chi connectivity index (χ0) is 21.7. The largest absolute Gasteiger partial charge is 0.373 e. The van der Waals surface area contributed by atoms with E-state index in [0.717, 1.165) is 36.2 Å². The summed E-state index contributed by atoms with van der Waals surface area (Å²) in [4.78, 5) is 19.5. The van der Waals surface area contributed by atoms with Crippen LogP contribution in [0, 0.1) is 0 Å². The van der Waals surface area contributed by atoms with Crippen LogP contribution in [-0.2, 0) is 12.8 Å². The molecule has 0 saturated carbocycles. The molecule has 1 atom stereocenters. The van der Waals surface area contributed by atoms with Gasteiger partial charge in [0, 0.05) is 54.7 Å². The summed E-state index contributed by atoms with van der Waals surface area (Å²) in [6.45, 7) is 0. The minimum Gasteiger partial charge on any atom is -0.373 e. The number of aromatic amines is 1. The first-order chi connectivity index (χ1) is 15.7. The van der Waals surface area contributed by atoms with E-state index in [-0.39, 0.29) is 6.04 Å². The van der Waals surface area contributed by atoms with E-state index in [1.165, 1.54) is 22.2 Å². The van der Waals surface area contributed by atoms with Crippen molar-refractivity contribution in [2.45, 2.75) is 25.3 Å². The smallest absolute Gasteiger partial charge is 0.228 e. The SMILES string of the molecule is CN(C)c1cnn2c(NC3CCc4[nH]c5ccccc5c4C3)nc(-c3cccnc3)nc12. The fourth-order valence-electron chi connectivity index (χ4n) is 4.57. The minimum atomic E-state index is 0.258. The third-order valence-corrected chi connectivity index (χ3v) is 6.18. The van der Waals surface area contributed by atoms with Crippen molar-refractivity contribution in [1.82, 2.24) is 29.5 Å².